The van der Waals surface area contributed by atoms with Gasteiger partial charge in [-0.3, -0.25) is 4.79 Å². The molecule has 0 bridgehead atoms. The Kier molecular flexibility index (Phi) is 5.13. The Bertz CT molecular complexity index is 917. The van der Waals surface area contributed by atoms with Gasteiger partial charge in [-0.15, -0.1) is 10.2 Å². The highest BCUT2D eigenvalue weighted by Gasteiger charge is 2.35. The van der Waals surface area contributed by atoms with Gasteiger partial charge < -0.3 is 19.2 Å². The minimum Gasteiger partial charge on any atom is -0.454 e. The van der Waals surface area contributed by atoms with Crippen LogP contribution in [0.1, 0.15) is 39.0 Å². The summed E-state index contributed by atoms with van der Waals surface area (Å²) in [5.74, 6) is 1.45. The van der Waals surface area contributed by atoms with Crippen LogP contribution in [0, 0.1) is 11.3 Å². The van der Waals surface area contributed by atoms with Crippen LogP contribution < -0.4 is 14.8 Å². The number of nitrogens with one attached hydrogen (secondary N) is 1. The zero-order valence-electron chi connectivity index (χ0n) is 15.4. The number of fused-ring (bicyclic) bond motifs is 1. The molecule has 1 N–H and O–H groups in total. The van der Waals surface area contributed by atoms with Gasteiger partial charge in [0.15, 0.2) is 11.5 Å². The average Bonchev–Trinajstić information content (AvgIpc) is 3.37. The Morgan fingerprint density at radius 2 is 2.04 bits per heavy atom. The number of hydrogen-bond donors (Lipinski definition) is 1. The van der Waals surface area contributed by atoms with Gasteiger partial charge in [0.25, 0.3) is 5.22 Å². The number of benzene rings is 1. The van der Waals surface area contributed by atoms with Crippen LogP contribution >= 0.6 is 11.8 Å². The summed E-state index contributed by atoms with van der Waals surface area (Å²) in [5.41, 5.74) is -0.0391. The summed E-state index contributed by atoms with van der Waals surface area (Å²) >= 11 is 1.17. The summed E-state index contributed by atoms with van der Waals surface area (Å²) in [4.78, 5) is 12.6. The van der Waals surface area contributed by atoms with Gasteiger partial charge in [-0.2, -0.15) is 5.26 Å². The van der Waals surface area contributed by atoms with Crippen molar-refractivity contribution in [2.45, 2.75) is 55.0 Å². The molecule has 0 unspecified atom stereocenters. The van der Waals surface area contributed by atoms with E-state index < -0.39 is 10.8 Å². The van der Waals surface area contributed by atoms with Crippen LogP contribution in [0.5, 0.6) is 11.5 Å². The highest BCUT2D eigenvalue weighted by Crippen LogP contribution is 2.36. The molecular formula is C19H20N4O4S. The molecule has 1 fully saturated rings. The highest BCUT2D eigenvalue weighted by atomic mass is 32.2. The lowest BCUT2D eigenvalue weighted by molar-refractivity contribution is -0.122. The number of amides is 1. The fourth-order valence-corrected chi connectivity index (χ4v) is 4.05. The maximum absolute atomic E-state index is 12.6. The lowest BCUT2D eigenvalue weighted by atomic mass is 9.83. The normalized spacial score (nSPS) is 18.3. The topological polar surface area (TPSA) is 110 Å². The second-order valence-corrected chi connectivity index (χ2v) is 8.24. The molecule has 2 aliphatic rings. The zero-order valence-corrected chi connectivity index (χ0v) is 16.3. The molecule has 0 radical (unpaired) electrons. The number of carbonyl (C=O) groups is 1. The van der Waals surface area contributed by atoms with Crippen LogP contribution in [0.4, 0.5) is 0 Å². The molecule has 9 heteroatoms. The first-order valence-electron chi connectivity index (χ1n) is 9.22. The molecule has 146 valence electrons. The first-order valence-corrected chi connectivity index (χ1v) is 10.1. The fourth-order valence-electron chi connectivity index (χ4n) is 3.37. The zero-order chi connectivity index (χ0) is 19.6. The molecule has 8 nitrogen and oxygen atoms in total. The molecule has 1 saturated carbocycles. The minimum atomic E-state index is -0.753. The Balaban J connectivity index is 1.40. The van der Waals surface area contributed by atoms with E-state index >= 15 is 0 Å². The smallest absolute Gasteiger partial charge is 0.277 e. The van der Waals surface area contributed by atoms with Gasteiger partial charge in [-0.25, -0.2) is 0 Å². The van der Waals surface area contributed by atoms with E-state index in [1.54, 1.807) is 19.1 Å². The van der Waals surface area contributed by atoms with Crippen molar-refractivity contribution >= 4 is 17.7 Å². The minimum absolute atomic E-state index is 0.195. The number of nitriles is 1. The molecule has 0 saturated heterocycles. The molecule has 1 aromatic heterocycles. The molecule has 28 heavy (non-hydrogen) atoms. The van der Waals surface area contributed by atoms with Crippen molar-refractivity contribution in [3.63, 3.8) is 0 Å². The van der Waals surface area contributed by atoms with Gasteiger partial charge in [0.1, 0.15) is 5.54 Å². The number of ether oxygens (including phenoxy) is 2. The van der Waals surface area contributed by atoms with Crippen molar-refractivity contribution in [1.82, 2.24) is 15.5 Å². The summed E-state index contributed by atoms with van der Waals surface area (Å²) in [7, 11) is 0. The summed E-state index contributed by atoms with van der Waals surface area (Å²) < 4.78 is 16.3. The maximum Gasteiger partial charge on any atom is 0.277 e. The summed E-state index contributed by atoms with van der Waals surface area (Å²) in [6, 6.07) is 7.68. The second-order valence-electron chi connectivity index (χ2n) is 6.95. The Morgan fingerprint density at radius 3 is 2.82 bits per heavy atom. The molecule has 0 spiro atoms. The lowest BCUT2D eigenvalue weighted by Crippen LogP contribution is -2.50. The van der Waals surface area contributed by atoms with Crippen LogP contribution in [0.2, 0.25) is 0 Å². The lowest BCUT2D eigenvalue weighted by Gasteiger charge is -2.32. The SMILES string of the molecule is C[C@H](Sc1nnc(-c2ccc3c(c2)OCO3)o1)C(=O)NC1(C#N)CCCCC1. The molecule has 1 aliphatic heterocycles. The van der Waals surface area contributed by atoms with Crippen LogP contribution in [0.25, 0.3) is 11.5 Å². The summed E-state index contributed by atoms with van der Waals surface area (Å²) in [5, 5.41) is 20.4. The molecule has 2 aromatic rings. The quantitative estimate of drug-likeness (QED) is 0.761. The van der Waals surface area contributed by atoms with Crippen molar-refractivity contribution in [3.8, 4) is 29.0 Å². The number of hydrogen-bond acceptors (Lipinski definition) is 8. The Labute approximate surface area is 166 Å². The second kappa shape index (κ2) is 7.72. The van der Waals surface area contributed by atoms with E-state index in [-0.39, 0.29) is 12.7 Å². The predicted octanol–water partition coefficient (Wildman–Crippen LogP) is 3.29. The van der Waals surface area contributed by atoms with Crippen molar-refractivity contribution < 1.29 is 18.7 Å². The molecule has 1 amide bonds. The number of carbonyl (C=O) groups excluding carboxylic acids is 1. The molecule has 1 aliphatic carbocycles. The Hall–Kier alpha value is -2.73. The van der Waals surface area contributed by atoms with E-state index in [1.807, 2.05) is 6.07 Å². The van der Waals surface area contributed by atoms with Crippen molar-refractivity contribution in [1.29, 1.82) is 5.26 Å². The molecule has 1 aromatic carbocycles. The predicted molar refractivity (Wildman–Crippen MR) is 101 cm³/mol. The van der Waals surface area contributed by atoms with Crippen LogP contribution in [0.15, 0.2) is 27.8 Å². The third-order valence-corrected chi connectivity index (χ3v) is 5.89. The third-order valence-electron chi connectivity index (χ3n) is 4.96. The van der Waals surface area contributed by atoms with Gasteiger partial charge in [-0.1, -0.05) is 31.0 Å². The van der Waals surface area contributed by atoms with E-state index in [0.29, 0.717) is 41.0 Å². The third kappa shape index (κ3) is 3.78. The van der Waals surface area contributed by atoms with Crippen LogP contribution in [-0.2, 0) is 4.79 Å². The standard InChI is InChI=1S/C19H20N4O4S/c1-12(16(24)21-19(10-20)7-3-2-4-8-19)28-18-23-22-17(27-18)13-5-6-14-15(9-13)26-11-25-14/h5-6,9,12H,2-4,7-8,11H2,1H3,(H,21,24)/t12-/m0/s1. The summed E-state index contributed by atoms with van der Waals surface area (Å²) in [6.07, 6.45) is 4.41. The highest BCUT2D eigenvalue weighted by molar-refractivity contribution is 8.00. The molecule has 2 heterocycles. The summed E-state index contributed by atoms with van der Waals surface area (Å²) in [6.45, 7) is 1.96. The van der Waals surface area contributed by atoms with Gasteiger partial charge in [-0.05, 0) is 38.0 Å². The Morgan fingerprint density at radius 1 is 1.25 bits per heavy atom. The molecule has 1 atom stereocenters. The number of nitrogens with zero attached hydrogens (tertiary/aromatic N) is 3. The van der Waals surface area contributed by atoms with E-state index in [2.05, 4.69) is 21.6 Å². The maximum atomic E-state index is 12.6. The number of aromatic nitrogens is 2. The average molecular weight is 400 g/mol. The monoisotopic (exact) mass is 400 g/mol. The van der Waals surface area contributed by atoms with E-state index in [4.69, 9.17) is 13.9 Å². The van der Waals surface area contributed by atoms with Crippen molar-refractivity contribution in [2.24, 2.45) is 0 Å². The number of thioether (sulfide) groups is 1. The van der Waals surface area contributed by atoms with E-state index in [0.717, 1.165) is 19.3 Å². The van der Waals surface area contributed by atoms with E-state index in [9.17, 15) is 10.1 Å². The van der Waals surface area contributed by atoms with Gasteiger partial charge in [0.2, 0.25) is 18.6 Å². The van der Waals surface area contributed by atoms with Crippen molar-refractivity contribution in [3.05, 3.63) is 18.2 Å². The van der Waals surface area contributed by atoms with Crippen LogP contribution in [-0.4, -0.2) is 33.7 Å². The molecular weight excluding hydrogens is 380 g/mol. The van der Waals surface area contributed by atoms with Gasteiger partial charge in [0.05, 0.1) is 11.3 Å². The first-order chi connectivity index (χ1) is 13.6. The van der Waals surface area contributed by atoms with Crippen molar-refractivity contribution in [2.75, 3.05) is 6.79 Å². The van der Waals surface area contributed by atoms with Gasteiger partial charge >= 0.3 is 0 Å². The fraction of sp³-hybridized carbons (Fsp3) is 0.474. The van der Waals surface area contributed by atoms with E-state index in [1.165, 1.54) is 11.8 Å². The van der Waals surface area contributed by atoms with Gasteiger partial charge in [0, 0.05) is 5.56 Å². The molecule has 4 rings (SSSR count). The van der Waals surface area contributed by atoms with Crippen LogP contribution in [0.3, 0.4) is 0 Å². The first kappa shape index (κ1) is 18.6. The largest absolute Gasteiger partial charge is 0.454 e. The number of rotatable bonds is 5.